The molecule has 0 fully saturated rings. The summed E-state index contributed by atoms with van der Waals surface area (Å²) in [7, 11) is 0. The Morgan fingerprint density at radius 3 is 2.28 bits per heavy atom. The van der Waals surface area contributed by atoms with Gasteiger partial charge in [0, 0.05) is 0 Å². The Morgan fingerprint density at radius 2 is 1.89 bits per heavy atom. The summed E-state index contributed by atoms with van der Waals surface area (Å²) >= 11 is 0. The number of ketones is 1. The zero-order chi connectivity index (χ0) is 14.1. The first kappa shape index (κ1) is 14.2. The summed E-state index contributed by atoms with van der Waals surface area (Å²) in [4.78, 5) is 11.1. The molecule has 0 unspecified atom stereocenters. The molecule has 0 radical (unpaired) electrons. The van der Waals surface area contributed by atoms with Gasteiger partial charge in [-0.2, -0.15) is 22.0 Å². The van der Waals surface area contributed by atoms with Crippen LogP contribution in [0.2, 0.25) is 0 Å². The van der Waals surface area contributed by atoms with E-state index in [4.69, 9.17) is 5.73 Å². The highest BCUT2D eigenvalue weighted by molar-refractivity contribution is 5.98. The van der Waals surface area contributed by atoms with Crippen molar-refractivity contribution in [2.24, 2.45) is 0 Å². The molecule has 0 heterocycles. The molecule has 0 atom stereocenters. The average Bonchev–Trinajstić information content (AvgIpc) is 2.17. The van der Waals surface area contributed by atoms with Gasteiger partial charge in [0.15, 0.2) is 11.5 Å². The third-order valence-electron chi connectivity index (χ3n) is 2.03. The molecule has 0 saturated carbocycles. The lowest BCUT2D eigenvalue weighted by molar-refractivity contribution is -0.137. The number of carbonyl (C=O) groups is 1. The molecule has 100 valence electrons. The molecule has 1 aromatic rings. The Bertz CT molecular complexity index is 470. The smallest absolute Gasteiger partial charge is 0.416 e. The number of carbonyl (C=O) groups excluding carboxylic acids is 1. The minimum Gasteiger partial charge on any atom is -0.432 e. The number of hydrogen-bond acceptors (Lipinski definition) is 3. The van der Waals surface area contributed by atoms with Crippen LogP contribution in [0.4, 0.5) is 27.6 Å². The Kier molecular flexibility index (Phi) is 3.78. The van der Waals surface area contributed by atoms with Crippen LogP contribution >= 0.6 is 0 Å². The first-order valence-electron chi connectivity index (χ1n) is 4.59. The summed E-state index contributed by atoms with van der Waals surface area (Å²) in [5.41, 5.74) is 2.68. The van der Waals surface area contributed by atoms with E-state index in [-0.39, 0.29) is 0 Å². The number of rotatable bonds is 3. The zero-order valence-corrected chi connectivity index (χ0v) is 9.02. The normalized spacial score (nSPS) is 11.7. The number of ether oxygens (including phenoxy) is 1. The largest absolute Gasteiger partial charge is 0.432 e. The third-order valence-corrected chi connectivity index (χ3v) is 2.03. The molecule has 8 heteroatoms. The molecule has 0 bridgehead atoms. The van der Waals surface area contributed by atoms with Gasteiger partial charge in [-0.3, -0.25) is 4.79 Å². The van der Waals surface area contributed by atoms with Crippen LogP contribution in [0.15, 0.2) is 12.1 Å². The molecule has 0 aromatic heterocycles. The topological polar surface area (TPSA) is 52.3 Å². The maximum Gasteiger partial charge on any atom is 0.416 e. The van der Waals surface area contributed by atoms with Crippen molar-refractivity contribution in [1.82, 2.24) is 0 Å². The second-order valence-corrected chi connectivity index (χ2v) is 3.37. The lowest BCUT2D eigenvalue weighted by Gasteiger charge is -2.15. The van der Waals surface area contributed by atoms with Gasteiger partial charge in [-0.05, 0) is 19.1 Å². The fraction of sp³-hybridized carbons (Fsp3) is 0.300. The molecule has 18 heavy (non-hydrogen) atoms. The van der Waals surface area contributed by atoms with E-state index in [0.29, 0.717) is 12.1 Å². The molecule has 0 aliphatic carbocycles. The number of Topliss-reactive ketones (excluding diaryl/α,β-unsaturated/α-hetero) is 1. The van der Waals surface area contributed by atoms with Crippen molar-refractivity contribution >= 4 is 11.5 Å². The van der Waals surface area contributed by atoms with Gasteiger partial charge in [0.25, 0.3) is 0 Å². The summed E-state index contributed by atoms with van der Waals surface area (Å²) < 4.78 is 65.4. The van der Waals surface area contributed by atoms with Crippen LogP contribution in [0.25, 0.3) is 0 Å². The first-order chi connectivity index (χ1) is 8.12. The van der Waals surface area contributed by atoms with Crippen molar-refractivity contribution in [1.29, 1.82) is 0 Å². The zero-order valence-electron chi connectivity index (χ0n) is 9.02. The predicted molar refractivity (Wildman–Crippen MR) is 52.5 cm³/mol. The van der Waals surface area contributed by atoms with E-state index >= 15 is 0 Å². The lowest BCUT2D eigenvalue weighted by atomic mass is 10.0. The van der Waals surface area contributed by atoms with Gasteiger partial charge in [-0.15, -0.1) is 0 Å². The van der Waals surface area contributed by atoms with E-state index in [0.717, 1.165) is 6.92 Å². The molecule has 0 amide bonds. The van der Waals surface area contributed by atoms with Crippen LogP contribution in [0, 0.1) is 0 Å². The van der Waals surface area contributed by atoms with Gasteiger partial charge in [0.2, 0.25) is 0 Å². The number of anilines is 1. The summed E-state index contributed by atoms with van der Waals surface area (Å²) in [5, 5.41) is 0. The molecule has 1 aromatic carbocycles. The maximum atomic E-state index is 12.4. The summed E-state index contributed by atoms with van der Waals surface area (Å²) in [5.74, 6) is -1.60. The van der Waals surface area contributed by atoms with Crippen LogP contribution in [0.5, 0.6) is 5.75 Å². The Labute approximate surface area is 98.3 Å². The van der Waals surface area contributed by atoms with Crippen LogP contribution in [-0.4, -0.2) is 12.4 Å². The Hall–Kier alpha value is -1.86. The summed E-state index contributed by atoms with van der Waals surface area (Å²) in [6, 6.07) is 0.862. The standard InChI is InChI=1S/C10H8F5NO2/c1-4(17)6-2-5(10(13,14)15)3-7(16)8(6)18-9(11)12/h2-3,9H,16H2,1H3. The molecule has 0 saturated heterocycles. The Balaban J connectivity index is 3.41. The van der Waals surface area contributed by atoms with E-state index < -0.39 is 41.1 Å². The van der Waals surface area contributed by atoms with Crippen LogP contribution in [0.3, 0.4) is 0 Å². The summed E-state index contributed by atoms with van der Waals surface area (Å²) in [6.07, 6.45) is -4.73. The fourth-order valence-electron chi connectivity index (χ4n) is 1.30. The number of benzene rings is 1. The summed E-state index contributed by atoms with van der Waals surface area (Å²) in [6.45, 7) is -2.37. The molecule has 0 aliphatic rings. The van der Waals surface area contributed by atoms with Crippen molar-refractivity contribution in [2.45, 2.75) is 19.7 Å². The van der Waals surface area contributed by atoms with E-state index in [2.05, 4.69) is 4.74 Å². The average molecular weight is 269 g/mol. The quantitative estimate of drug-likeness (QED) is 0.521. The van der Waals surface area contributed by atoms with Gasteiger partial charge < -0.3 is 10.5 Å². The van der Waals surface area contributed by atoms with Crippen molar-refractivity contribution in [3.8, 4) is 5.75 Å². The van der Waals surface area contributed by atoms with Gasteiger partial charge in [-0.25, -0.2) is 0 Å². The number of nitrogen functional groups attached to an aromatic ring is 1. The van der Waals surface area contributed by atoms with Crippen molar-refractivity contribution < 1.29 is 31.5 Å². The van der Waals surface area contributed by atoms with Crippen LogP contribution in [0.1, 0.15) is 22.8 Å². The molecule has 1 rings (SSSR count). The first-order valence-corrected chi connectivity index (χ1v) is 4.59. The molecular weight excluding hydrogens is 261 g/mol. The van der Waals surface area contributed by atoms with E-state index in [1.807, 2.05) is 0 Å². The highest BCUT2D eigenvalue weighted by atomic mass is 19.4. The van der Waals surface area contributed by atoms with E-state index in [1.165, 1.54) is 0 Å². The SMILES string of the molecule is CC(=O)c1cc(C(F)(F)F)cc(N)c1OC(F)F. The minimum absolute atomic E-state index is 0.427. The number of halogens is 5. The van der Waals surface area contributed by atoms with E-state index in [9.17, 15) is 26.7 Å². The minimum atomic E-state index is -4.73. The third kappa shape index (κ3) is 3.08. The van der Waals surface area contributed by atoms with Crippen LogP contribution < -0.4 is 10.5 Å². The van der Waals surface area contributed by atoms with Gasteiger partial charge in [-0.1, -0.05) is 0 Å². The monoisotopic (exact) mass is 269 g/mol. The van der Waals surface area contributed by atoms with Gasteiger partial charge in [0.05, 0.1) is 16.8 Å². The molecule has 3 nitrogen and oxygen atoms in total. The Morgan fingerprint density at radius 1 is 1.33 bits per heavy atom. The molecule has 2 N–H and O–H groups in total. The number of nitrogens with two attached hydrogens (primary N) is 1. The molecular formula is C10H8F5NO2. The highest BCUT2D eigenvalue weighted by Crippen LogP contribution is 2.37. The molecule has 0 spiro atoms. The van der Waals surface area contributed by atoms with Crippen molar-refractivity contribution in [2.75, 3.05) is 5.73 Å². The second-order valence-electron chi connectivity index (χ2n) is 3.37. The highest BCUT2D eigenvalue weighted by Gasteiger charge is 2.33. The number of hydrogen-bond donors (Lipinski definition) is 1. The molecule has 0 aliphatic heterocycles. The number of alkyl halides is 5. The maximum absolute atomic E-state index is 12.4. The van der Waals surface area contributed by atoms with Crippen LogP contribution in [-0.2, 0) is 6.18 Å². The fourth-order valence-corrected chi connectivity index (χ4v) is 1.30. The van der Waals surface area contributed by atoms with Crippen molar-refractivity contribution in [3.05, 3.63) is 23.3 Å². The lowest BCUT2D eigenvalue weighted by Crippen LogP contribution is -2.13. The predicted octanol–water partition coefficient (Wildman–Crippen LogP) is 3.09. The van der Waals surface area contributed by atoms with Gasteiger partial charge >= 0.3 is 12.8 Å². The van der Waals surface area contributed by atoms with Crippen molar-refractivity contribution in [3.63, 3.8) is 0 Å². The van der Waals surface area contributed by atoms with E-state index in [1.54, 1.807) is 0 Å². The second kappa shape index (κ2) is 4.79. The van der Waals surface area contributed by atoms with Gasteiger partial charge in [0.1, 0.15) is 0 Å².